The summed E-state index contributed by atoms with van der Waals surface area (Å²) in [5.41, 5.74) is 0.493. The van der Waals surface area contributed by atoms with Crippen molar-refractivity contribution in [2.24, 2.45) is 0 Å². The minimum Gasteiger partial charge on any atom is -0.506 e. The highest BCUT2D eigenvalue weighted by Gasteiger charge is 2.38. The summed E-state index contributed by atoms with van der Waals surface area (Å²) in [6.45, 7) is 0.248. The van der Waals surface area contributed by atoms with Crippen LogP contribution < -0.4 is 0 Å². The zero-order chi connectivity index (χ0) is 18.6. The molecule has 1 saturated carbocycles. The topological polar surface area (TPSA) is 82.9 Å². The number of ether oxygens (including phenoxy) is 1. The van der Waals surface area contributed by atoms with Gasteiger partial charge < -0.3 is 19.8 Å². The number of aromatic hydroxyl groups is 1. The second kappa shape index (κ2) is 7.74. The second-order valence-corrected chi connectivity index (χ2v) is 6.82. The molecule has 2 N–H and O–H groups in total. The Bertz CT molecular complexity index is 725. The van der Waals surface area contributed by atoms with Crippen LogP contribution in [0.25, 0.3) is 0 Å². The van der Waals surface area contributed by atoms with Gasteiger partial charge in [0.1, 0.15) is 18.0 Å². The fourth-order valence-electron chi connectivity index (χ4n) is 3.36. The molecule has 1 aromatic carbocycles. The third-order valence-corrected chi connectivity index (χ3v) is 5.05. The molecule has 0 spiro atoms. The molecule has 0 unspecified atom stereocenters. The molecule has 1 fully saturated rings. The van der Waals surface area contributed by atoms with E-state index in [4.69, 9.17) is 4.74 Å². The van der Waals surface area contributed by atoms with E-state index in [0.717, 1.165) is 5.56 Å². The van der Waals surface area contributed by atoms with Crippen molar-refractivity contribution in [1.82, 2.24) is 9.88 Å². The van der Waals surface area contributed by atoms with E-state index >= 15 is 0 Å². The van der Waals surface area contributed by atoms with E-state index in [-0.39, 0.29) is 24.5 Å². The van der Waals surface area contributed by atoms with E-state index in [2.05, 4.69) is 4.98 Å². The number of hydrogen-bond donors (Lipinski definition) is 2. The number of rotatable bonds is 4. The van der Waals surface area contributed by atoms with Crippen LogP contribution in [-0.4, -0.2) is 39.3 Å². The van der Waals surface area contributed by atoms with Crippen LogP contribution in [0.5, 0.6) is 5.75 Å². The zero-order valence-electron chi connectivity index (χ0n) is 14.8. The van der Waals surface area contributed by atoms with Crippen molar-refractivity contribution in [1.29, 1.82) is 0 Å². The molecule has 1 amide bonds. The third kappa shape index (κ3) is 4.14. The van der Waals surface area contributed by atoms with Crippen molar-refractivity contribution in [3.63, 3.8) is 0 Å². The second-order valence-electron chi connectivity index (χ2n) is 6.82. The molecule has 1 heterocycles. The number of benzene rings is 1. The normalized spacial score (nSPS) is 22.6. The summed E-state index contributed by atoms with van der Waals surface area (Å²) in [4.78, 5) is 18.0. The first-order valence-corrected chi connectivity index (χ1v) is 8.79. The highest BCUT2D eigenvalue weighted by Crippen LogP contribution is 2.37. The van der Waals surface area contributed by atoms with E-state index < -0.39 is 5.60 Å². The van der Waals surface area contributed by atoms with Gasteiger partial charge in [-0.2, -0.15) is 0 Å². The van der Waals surface area contributed by atoms with Gasteiger partial charge in [0.2, 0.25) is 0 Å². The predicted octanol–water partition coefficient (Wildman–Crippen LogP) is 3.19. The van der Waals surface area contributed by atoms with Crippen LogP contribution in [0, 0.1) is 0 Å². The van der Waals surface area contributed by atoms with Gasteiger partial charge in [-0.15, -0.1) is 0 Å². The van der Waals surface area contributed by atoms with Crippen molar-refractivity contribution in [3.8, 4) is 5.75 Å². The number of carbonyl (C=O) groups is 1. The fourth-order valence-corrected chi connectivity index (χ4v) is 3.36. The summed E-state index contributed by atoms with van der Waals surface area (Å²) in [5, 5.41) is 20.2. The number of amides is 1. The highest BCUT2D eigenvalue weighted by molar-refractivity contribution is 5.67. The molecule has 1 aromatic heterocycles. The molecular weight excluding hydrogens is 332 g/mol. The maximum absolute atomic E-state index is 12.3. The monoisotopic (exact) mass is 356 g/mol. The number of carbonyl (C=O) groups excluding carboxylic acids is 1. The lowest BCUT2D eigenvalue weighted by atomic mass is 9.79. The lowest BCUT2D eigenvalue weighted by molar-refractivity contribution is -0.0254. The van der Waals surface area contributed by atoms with Gasteiger partial charge in [-0.05, 0) is 43.4 Å². The van der Waals surface area contributed by atoms with Crippen molar-refractivity contribution in [2.45, 2.75) is 43.9 Å². The molecule has 0 aliphatic heterocycles. The number of aromatic nitrogens is 1. The number of pyridine rings is 1. The van der Waals surface area contributed by atoms with E-state index in [9.17, 15) is 15.0 Å². The predicted molar refractivity (Wildman–Crippen MR) is 96.4 cm³/mol. The van der Waals surface area contributed by atoms with E-state index in [0.29, 0.717) is 31.4 Å². The van der Waals surface area contributed by atoms with Gasteiger partial charge in [0.05, 0.1) is 11.9 Å². The van der Waals surface area contributed by atoms with E-state index in [1.807, 2.05) is 30.3 Å². The van der Waals surface area contributed by atoms with Crippen molar-refractivity contribution >= 4 is 6.09 Å². The standard InChI is InChI=1S/C20H24N2O4/c1-22(19(24)26-14-15-5-3-2-4-6-15)16-9-11-20(25,12-10-16)18-8-7-17(23)13-21-18/h2-8,13,16,23,25H,9-12,14H2,1H3. The van der Waals surface area contributed by atoms with E-state index in [1.165, 1.54) is 12.3 Å². The van der Waals surface area contributed by atoms with Crippen LogP contribution in [-0.2, 0) is 16.9 Å². The number of aliphatic hydroxyl groups is 1. The number of nitrogens with zero attached hydrogens (tertiary/aromatic N) is 2. The van der Waals surface area contributed by atoms with Gasteiger partial charge in [0.15, 0.2) is 0 Å². The minimum atomic E-state index is -1.01. The van der Waals surface area contributed by atoms with Gasteiger partial charge >= 0.3 is 6.09 Å². The Kier molecular flexibility index (Phi) is 5.42. The summed E-state index contributed by atoms with van der Waals surface area (Å²) in [5.74, 6) is 0.0759. The quantitative estimate of drug-likeness (QED) is 0.879. The van der Waals surface area contributed by atoms with Gasteiger partial charge in [-0.1, -0.05) is 30.3 Å². The third-order valence-electron chi connectivity index (χ3n) is 5.05. The molecule has 3 rings (SSSR count). The fraction of sp³-hybridized carbons (Fsp3) is 0.400. The van der Waals surface area contributed by atoms with Crippen molar-refractivity contribution < 1.29 is 19.7 Å². The van der Waals surface area contributed by atoms with Gasteiger partial charge in [-0.25, -0.2) is 4.79 Å². The minimum absolute atomic E-state index is 0.0238. The van der Waals surface area contributed by atoms with Gasteiger partial charge in [0, 0.05) is 13.1 Å². The van der Waals surface area contributed by atoms with Crippen LogP contribution >= 0.6 is 0 Å². The SMILES string of the molecule is CN(C(=O)OCc1ccccc1)C1CCC(O)(c2ccc(O)cn2)CC1. The van der Waals surface area contributed by atoms with Gasteiger partial charge in [-0.3, -0.25) is 4.98 Å². The smallest absolute Gasteiger partial charge is 0.410 e. The molecule has 1 aliphatic rings. The van der Waals surface area contributed by atoms with Crippen LogP contribution in [0.3, 0.4) is 0 Å². The molecular formula is C20H24N2O4. The Hall–Kier alpha value is -2.60. The molecule has 0 atom stereocenters. The molecule has 0 bridgehead atoms. The molecule has 138 valence electrons. The zero-order valence-corrected chi connectivity index (χ0v) is 14.8. The highest BCUT2D eigenvalue weighted by atomic mass is 16.6. The first-order chi connectivity index (χ1) is 12.5. The maximum Gasteiger partial charge on any atom is 0.410 e. The Morgan fingerprint density at radius 2 is 1.92 bits per heavy atom. The molecule has 0 radical (unpaired) electrons. The first kappa shape index (κ1) is 18.2. The molecule has 0 saturated heterocycles. The number of hydrogen-bond acceptors (Lipinski definition) is 5. The maximum atomic E-state index is 12.3. The molecule has 2 aromatic rings. The van der Waals surface area contributed by atoms with Gasteiger partial charge in [0.25, 0.3) is 0 Å². The van der Waals surface area contributed by atoms with Crippen LogP contribution in [0.15, 0.2) is 48.7 Å². The summed E-state index contributed by atoms with van der Waals surface area (Å²) < 4.78 is 5.38. The molecule has 6 heteroatoms. The van der Waals surface area contributed by atoms with Crippen LogP contribution in [0.4, 0.5) is 4.79 Å². The Morgan fingerprint density at radius 3 is 2.54 bits per heavy atom. The van der Waals surface area contributed by atoms with Crippen LogP contribution in [0.2, 0.25) is 0 Å². The van der Waals surface area contributed by atoms with Crippen LogP contribution in [0.1, 0.15) is 36.9 Å². The Balaban J connectivity index is 1.53. The summed E-state index contributed by atoms with van der Waals surface area (Å²) in [6.07, 6.45) is 3.32. The summed E-state index contributed by atoms with van der Waals surface area (Å²) in [6, 6.07) is 12.8. The Labute approximate surface area is 153 Å². The summed E-state index contributed by atoms with van der Waals surface area (Å²) in [7, 11) is 1.74. The van der Waals surface area contributed by atoms with Crippen molar-refractivity contribution in [2.75, 3.05) is 7.05 Å². The first-order valence-electron chi connectivity index (χ1n) is 8.79. The average molecular weight is 356 g/mol. The summed E-state index contributed by atoms with van der Waals surface area (Å²) >= 11 is 0. The molecule has 26 heavy (non-hydrogen) atoms. The van der Waals surface area contributed by atoms with Crippen molar-refractivity contribution in [3.05, 3.63) is 59.9 Å². The molecule has 6 nitrogen and oxygen atoms in total. The lowest BCUT2D eigenvalue weighted by Gasteiger charge is -2.38. The molecule has 1 aliphatic carbocycles. The lowest BCUT2D eigenvalue weighted by Crippen LogP contribution is -2.43. The average Bonchev–Trinajstić information content (AvgIpc) is 2.67. The van der Waals surface area contributed by atoms with E-state index in [1.54, 1.807) is 18.0 Å². The largest absolute Gasteiger partial charge is 0.506 e. The Morgan fingerprint density at radius 1 is 1.23 bits per heavy atom.